The Hall–Kier alpha value is -0.610. The number of hydrogen-bond donors (Lipinski definition) is 0. The van der Waals surface area contributed by atoms with Crippen molar-refractivity contribution >= 4 is 5.91 Å². The second-order valence-corrected chi connectivity index (χ2v) is 4.68. The van der Waals surface area contributed by atoms with Gasteiger partial charge in [0.25, 0.3) is 0 Å². The van der Waals surface area contributed by atoms with Gasteiger partial charge in [-0.25, -0.2) is 0 Å². The monoisotopic (exact) mass is 227 g/mol. The van der Waals surface area contributed by atoms with Gasteiger partial charge >= 0.3 is 0 Å². The van der Waals surface area contributed by atoms with Gasteiger partial charge in [-0.15, -0.1) is 0 Å². The Kier molecular flexibility index (Phi) is 4.18. The smallest absolute Gasteiger partial charge is 0.225 e. The summed E-state index contributed by atoms with van der Waals surface area (Å²) in [4.78, 5) is 13.8. The number of rotatable bonds is 3. The second-order valence-electron chi connectivity index (χ2n) is 4.68. The SMILES string of the molecule is CC1CCCN(CCC2OCCCO2)C1=O. The Morgan fingerprint density at radius 3 is 2.81 bits per heavy atom. The maximum atomic E-state index is 11.8. The van der Waals surface area contributed by atoms with Crippen molar-refractivity contribution in [2.45, 2.75) is 38.9 Å². The predicted molar refractivity (Wildman–Crippen MR) is 59.9 cm³/mol. The molecule has 1 atom stereocenters. The number of carbonyl (C=O) groups is 1. The topological polar surface area (TPSA) is 38.8 Å². The lowest BCUT2D eigenvalue weighted by molar-refractivity contribution is -0.183. The van der Waals surface area contributed by atoms with Gasteiger partial charge in [-0.2, -0.15) is 0 Å². The molecule has 4 nitrogen and oxygen atoms in total. The first-order valence-electron chi connectivity index (χ1n) is 6.29. The zero-order valence-electron chi connectivity index (χ0n) is 9.98. The minimum Gasteiger partial charge on any atom is -0.353 e. The third kappa shape index (κ3) is 2.95. The highest BCUT2D eigenvalue weighted by molar-refractivity contribution is 5.79. The van der Waals surface area contributed by atoms with Crippen LogP contribution >= 0.6 is 0 Å². The summed E-state index contributed by atoms with van der Waals surface area (Å²) in [5.74, 6) is 0.490. The molecule has 0 radical (unpaired) electrons. The first kappa shape index (κ1) is 11.9. The molecule has 1 amide bonds. The number of hydrogen-bond acceptors (Lipinski definition) is 3. The molecule has 1 unspecified atom stereocenters. The molecule has 0 bridgehead atoms. The van der Waals surface area contributed by atoms with Crippen LogP contribution in [0.5, 0.6) is 0 Å². The molecule has 2 fully saturated rings. The van der Waals surface area contributed by atoms with Crippen LogP contribution in [0.4, 0.5) is 0 Å². The number of ether oxygens (including phenoxy) is 2. The molecule has 2 heterocycles. The highest BCUT2D eigenvalue weighted by Gasteiger charge is 2.25. The third-order valence-electron chi connectivity index (χ3n) is 3.33. The summed E-state index contributed by atoms with van der Waals surface area (Å²) in [5, 5.41) is 0. The van der Waals surface area contributed by atoms with E-state index in [4.69, 9.17) is 9.47 Å². The van der Waals surface area contributed by atoms with Gasteiger partial charge in [-0.05, 0) is 19.3 Å². The van der Waals surface area contributed by atoms with Crippen molar-refractivity contribution in [1.82, 2.24) is 4.90 Å². The van der Waals surface area contributed by atoms with E-state index >= 15 is 0 Å². The van der Waals surface area contributed by atoms with Crippen molar-refractivity contribution in [3.05, 3.63) is 0 Å². The van der Waals surface area contributed by atoms with Gasteiger partial charge in [0.05, 0.1) is 13.2 Å². The van der Waals surface area contributed by atoms with Crippen LogP contribution in [-0.2, 0) is 14.3 Å². The minimum atomic E-state index is -0.0983. The summed E-state index contributed by atoms with van der Waals surface area (Å²) >= 11 is 0. The summed E-state index contributed by atoms with van der Waals surface area (Å²) in [6, 6.07) is 0. The minimum absolute atomic E-state index is 0.0983. The van der Waals surface area contributed by atoms with Crippen molar-refractivity contribution in [3.8, 4) is 0 Å². The fourth-order valence-electron chi connectivity index (χ4n) is 2.32. The van der Waals surface area contributed by atoms with Crippen molar-refractivity contribution in [2.24, 2.45) is 5.92 Å². The first-order chi connectivity index (χ1) is 7.77. The van der Waals surface area contributed by atoms with E-state index in [-0.39, 0.29) is 12.2 Å². The Bertz CT molecular complexity index is 238. The highest BCUT2D eigenvalue weighted by Crippen LogP contribution is 2.18. The summed E-state index contributed by atoms with van der Waals surface area (Å²) in [7, 11) is 0. The lowest BCUT2D eigenvalue weighted by Crippen LogP contribution is -2.42. The van der Waals surface area contributed by atoms with E-state index in [9.17, 15) is 4.79 Å². The van der Waals surface area contributed by atoms with E-state index < -0.39 is 0 Å². The van der Waals surface area contributed by atoms with E-state index in [0.29, 0.717) is 5.91 Å². The normalized spacial score (nSPS) is 28.4. The molecule has 4 heteroatoms. The van der Waals surface area contributed by atoms with Crippen LogP contribution in [0.15, 0.2) is 0 Å². The molecule has 2 aliphatic heterocycles. The molecule has 2 aliphatic rings. The van der Waals surface area contributed by atoms with Crippen molar-refractivity contribution in [2.75, 3.05) is 26.3 Å². The van der Waals surface area contributed by atoms with Crippen molar-refractivity contribution in [1.29, 1.82) is 0 Å². The molecule has 0 aromatic rings. The Morgan fingerprint density at radius 2 is 2.06 bits per heavy atom. The van der Waals surface area contributed by atoms with Gasteiger partial charge in [-0.3, -0.25) is 4.79 Å². The number of amides is 1. The molecular formula is C12H21NO3. The van der Waals surface area contributed by atoms with Crippen LogP contribution in [0.2, 0.25) is 0 Å². The van der Waals surface area contributed by atoms with Crippen LogP contribution in [0.3, 0.4) is 0 Å². The zero-order valence-corrected chi connectivity index (χ0v) is 9.98. The van der Waals surface area contributed by atoms with Gasteiger partial charge < -0.3 is 14.4 Å². The second kappa shape index (κ2) is 5.64. The third-order valence-corrected chi connectivity index (χ3v) is 3.33. The molecule has 2 saturated heterocycles. The Balaban J connectivity index is 1.73. The largest absolute Gasteiger partial charge is 0.353 e. The molecular weight excluding hydrogens is 206 g/mol. The molecule has 2 rings (SSSR count). The van der Waals surface area contributed by atoms with Gasteiger partial charge in [-0.1, -0.05) is 6.92 Å². The first-order valence-corrected chi connectivity index (χ1v) is 6.29. The standard InChI is InChI=1S/C12H21NO3/c1-10-4-2-6-13(12(10)14)7-5-11-15-8-3-9-16-11/h10-11H,2-9H2,1H3. The summed E-state index contributed by atoms with van der Waals surface area (Å²) in [5.41, 5.74) is 0. The van der Waals surface area contributed by atoms with Crippen LogP contribution in [0, 0.1) is 5.92 Å². The van der Waals surface area contributed by atoms with E-state index in [1.54, 1.807) is 0 Å². The molecule has 0 spiro atoms. The van der Waals surface area contributed by atoms with E-state index in [2.05, 4.69) is 0 Å². The maximum absolute atomic E-state index is 11.8. The van der Waals surface area contributed by atoms with Crippen LogP contribution in [0.25, 0.3) is 0 Å². The molecule has 0 aromatic carbocycles. The fourth-order valence-corrected chi connectivity index (χ4v) is 2.32. The predicted octanol–water partition coefficient (Wildman–Crippen LogP) is 1.40. The number of nitrogens with zero attached hydrogens (tertiary/aromatic N) is 1. The maximum Gasteiger partial charge on any atom is 0.225 e. The number of piperidine rings is 1. The molecule has 16 heavy (non-hydrogen) atoms. The Morgan fingerprint density at radius 1 is 1.31 bits per heavy atom. The summed E-state index contributed by atoms with van der Waals surface area (Å²) in [6.45, 7) is 5.26. The molecule has 92 valence electrons. The van der Waals surface area contributed by atoms with Gasteiger partial charge in [0.1, 0.15) is 0 Å². The Labute approximate surface area is 96.9 Å². The quantitative estimate of drug-likeness (QED) is 0.731. The highest BCUT2D eigenvalue weighted by atomic mass is 16.7. The van der Waals surface area contributed by atoms with E-state index in [0.717, 1.165) is 52.0 Å². The molecule has 0 aromatic heterocycles. The fraction of sp³-hybridized carbons (Fsp3) is 0.917. The van der Waals surface area contributed by atoms with E-state index in [1.807, 2.05) is 11.8 Å². The summed E-state index contributed by atoms with van der Waals surface area (Å²) < 4.78 is 10.9. The van der Waals surface area contributed by atoms with Gasteiger partial charge in [0.2, 0.25) is 5.91 Å². The van der Waals surface area contributed by atoms with Crippen molar-refractivity contribution < 1.29 is 14.3 Å². The zero-order chi connectivity index (χ0) is 11.4. The molecule has 0 N–H and O–H groups in total. The number of likely N-dealkylation sites (tertiary alicyclic amines) is 1. The summed E-state index contributed by atoms with van der Waals surface area (Å²) in [6.07, 6.45) is 3.85. The molecule has 0 aliphatic carbocycles. The average Bonchev–Trinajstić information content (AvgIpc) is 2.32. The van der Waals surface area contributed by atoms with Crippen LogP contribution in [-0.4, -0.2) is 43.4 Å². The van der Waals surface area contributed by atoms with Gasteiger partial charge in [0, 0.05) is 25.4 Å². The van der Waals surface area contributed by atoms with Crippen molar-refractivity contribution in [3.63, 3.8) is 0 Å². The lowest BCUT2D eigenvalue weighted by Gasteiger charge is -2.32. The van der Waals surface area contributed by atoms with Crippen LogP contribution < -0.4 is 0 Å². The molecule has 0 saturated carbocycles. The van der Waals surface area contributed by atoms with Gasteiger partial charge in [0.15, 0.2) is 6.29 Å². The van der Waals surface area contributed by atoms with E-state index in [1.165, 1.54) is 0 Å². The average molecular weight is 227 g/mol. The number of carbonyl (C=O) groups excluding carboxylic acids is 1. The lowest BCUT2D eigenvalue weighted by atomic mass is 9.99. The van der Waals surface area contributed by atoms with Crippen LogP contribution in [0.1, 0.15) is 32.6 Å².